The summed E-state index contributed by atoms with van der Waals surface area (Å²) in [5, 5.41) is 0. The van der Waals surface area contributed by atoms with Crippen LogP contribution in [-0.4, -0.2) is 30.4 Å². The van der Waals surface area contributed by atoms with E-state index in [4.69, 9.17) is 10.2 Å². The molecular weight excluding hydrogens is 204 g/mol. The van der Waals surface area contributed by atoms with Crippen molar-refractivity contribution >= 4 is 5.91 Å². The van der Waals surface area contributed by atoms with Crippen molar-refractivity contribution in [2.75, 3.05) is 19.6 Å². The normalized spacial score (nSPS) is 17.7. The molecule has 0 radical (unpaired) electrons. The zero-order valence-corrected chi connectivity index (χ0v) is 9.39. The van der Waals surface area contributed by atoms with Gasteiger partial charge in [-0.05, 0) is 25.0 Å². The van der Waals surface area contributed by atoms with Crippen LogP contribution in [0.2, 0.25) is 0 Å². The molecule has 1 fully saturated rings. The molecule has 4 heteroatoms. The summed E-state index contributed by atoms with van der Waals surface area (Å²) in [6.45, 7) is 2.15. The van der Waals surface area contributed by atoms with Crippen LogP contribution >= 0.6 is 0 Å². The molecule has 0 aromatic carbocycles. The van der Waals surface area contributed by atoms with E-state index >= 15 is 0 Å². The van der Waals surface area contributed by atoms with Crippen molar-refractivity contribution in [1.82, 2.24) is 4.90 Å². The van der Waals surface area contributed by atoms with Crippen LogP contribution in [0.4, 0.5) is 0 Å². The lowest BCUT2D eigenvalue weighted by Crippen LogP contribution is -2.38. The highest BCUT2D eigenvalue weighted by Gasteiger charge is 2.26. The van der Waals surface area contributed by atoms with Crippen molar-refractivity contribution in [2.24, 2.45) is 11.7 Å². The van der Waals surface area contributed by atoms with Crippen LogP contribution in [0, 0.1) is 5.92 Å². The monoisotopic (exact) mass is 222 g/mol. The van der Waals surface area contributed by atoms with Crippen LogP contribution in [0.25, 0.3) is 0 Å². The molecular formula is C12H18N2O2. The molecule has 4 nitrogen and oxygen atoms in total. The molecule has 0 spiro atoms. The van der Waals surface area contributed by atoms with Crippen LogP contribution in [0.1, 0.15) is 18.6 Å². The Hall–Kier alpha value is -1.29. The van der Waals surface area contributed by atoms with Crippen LogP contribution in [-0.2, 0) is 11.2 Å². The fraction of sp³-hybridized carbons (Fsp3) is 0.583. The standard InChI is InChI=1S/C12H18N2O2/c13-9-10(8-11-4-3-7-16-11)12(15)14-5-1-2-6-14/h3-4,7,10H,1-2,5-6,8-9,13H2. The minimum atomic E-state index is -0.135. The third-order valence-corrected chi connectivity index (χ3v) is 3.08. The second-order valence-corrected chi connectivity index (χ2v) is 4.25. The Morgan fingerprint density at radius 2 is 2.25 bits per heavy atom. The molecule has 1 unspecified atom stereocenters. The van der Waals surface area contributed by atoms with Crippen molar-refractivity contribution in [3.8, 4) is 0 Å². The molecule has 1 aromatic heterocycles. The maximum absolute atomic E-state index is 12.1. The molecule has 1 aliphatic rings. The van der Waals surface area contributed by atoms with Gasteiger partial charge in [-0.3, -0.25) is 4.79 Å². The summed E-state index contributed by atoms with van der Waals surface area (Å²) < 4.78 is 5.25. The second kappa shape index (κ2) is 5.16. The van der Waals surface area contributed by atoms with E-state index < -0.39 is 0 Å². The largest absolute Gasteiger partial charge is 0.469 e. The zero-order valence-electron chi connectivity index (χ0n) is 9.39. The lowest BCUT2D eigenvalue weighted by Gasteiger charge is -2.21. The smallest absolute Gasteiger partial charge is 0.227 e. The van der Waals surface area contributed by atoms with E-state index in [2.05, 4.69) is 0 Å². The molecule has 0 aliphatic carbocycles. The number of likely N-dealkylation sites (tertiary alicyclic amines) is 1. The number of hydrogen-bond acceptors (Lipinski definition) is 3. The Balaban J connectivity index is 1.96. The molecule has 1 atom stereocenters. The van der Waals surface area contributed by atoms with Crippen molar-refractivity contribution in [1.29, 1.82) is 0 Å². The number of carbonyl (C=O) groups excluding carboxylic acids is 1. The van der Waals surface area contributed by atoms with Crippen molar-refractivity contribution in [3.05, 3.63) is 24.2 Å². The van der Waals surface area contributed by atoms with Gasteiger partial charge in [-0.2, -0.15) is 0 Å². The number of rotatable bonds is 4. The summed E-state index contributed by atoms with van der Waals surface area (Å²) in [7, 11) is 0. The van der Waals surface area contributed by atoms with E-state index in [1.807, 2.05) is 17.0 Å². The number of amides is 1. The predicted molar refractivity (Wildman–Crippen MR) is 60.8 cm³/mol. The number of hydrogen-bond donors (Lipinski definition) is 1. The van der Waals surface area contributed by atoms with Gasteiger partial charge in [0.15, 0.2) is 0 Å². The van der Waals surface area contributed by atoms with Gasteiger partial charge in [-0.25, -0.2) is 0 Å². The van der Waals surface area contributed by atoms with Gasteiger partial charge in [0.2, 0.25) is 5.91 Å². The molecule has 2 N–H and O–H groups in total. The highest BCUT2D eigenvalue weighted by molar-refractivity contribution is 5.79. The maximum atomic E-state index is 12.1. The minimum Gasteiger partial charge on any atom is -0.469 e. The lowest BCUT2D eigenvalue weighted by atomic mass is 10.0. The molecule has 2 heterocycles. The minimum absolute atomic E-state index is 0.135. The first-order valence-corrected chi connectivity index (χ1v) is 5.82. The van der Waals surface area contributed by atoms with Gasteiger partial charge in [0.25, 0.3) is 0 Å². The first-order chi connectivity index (χ1) is 7.81. The fourth-order valence-electron chi connectivity index (χ4n) is 2.14. The molecule has 1 amide bonds. The second-order valence-electron chi connectivity index (χ2n) is 4.25. The summed E-state index contributed by atoms with van der Waals surface area (Å²) in [5.41, 5.74) is 5.67. The van der Waals surface area contributed by atoms with Gasteiger partial charge in [-0.1, -0.05) is 0 Å². The summed E-state index contributed by atoms with van der Waals surface area (Å²) in [6, 6.07) is 3.73. The third kappa shape index (κ3) is 2.44. The molecule has 1 aliphatic heterocycles. The molecule has 1 saturated heterocycles. The Bertz CT molecular complexity index is 329. The van der Waals surface area contributed by atoms with E-state index in [1.165, 1.54) is 0 Å². The molecule has 0 bridgehead atoms. The summed E-state index contributed by atoms with van der Waals surface area (Å²) >= 11 is 0. The van der Waals surface area contributed by atoms with Gasteiger partial charge in [0, 0.05) is 26.1 Å². The topological polar surface area (TPSA) is 59.5 Å². The molecule has 0 saturated carbocycles. The highest BCUT2D eigenvalue weighted by Crippen LogP contribution is 2.15. The van der Waals surface area contributed by atoms with Crippen LogP contribution in [0.15, 0.2) is 22.8 Å². The van der Waals surface area contributed by atoms with Crippen LogP contribution < -0.4 is 5.73 Å². The van der Waals surface area contributed by atoms with Gasteiger partial charge in [-0.15, -0.1) is 0 Å². The average Bonchev–Trinajstić information content (AvgIpc) is 2.97. The van der Waals surface area contributed by atoms with E-state index in [1.54, 1.807) is 6.26 Å². The number of nitrogens with two attached hydrogens (primary N) is 1. The van der Waals surface area contributed by atoms with Gasteiger partial charge in [0.05, 0.1) is 12.2 Å². The first kappa shape index (κ1) is 11.2. The summed E-state index contributed by atoms with van der Waals surface area (Å²) in [4.78, 5) is 14.0. The Morgan fingerprint density at radius 1 is 1.50 bits per heavy atom. The summed E-state index contributed by atoms with van der Waals surface area (Å²) in [6.07, 6.45) is 4.47. The SMILES string of the molecule is NCC(Cc1ccco1)C(=O)N1CCCC1. The Kier molecular flexibility index (Phi) is 3.62. The molecule has 1 aromatic rings. The Labute approximate surface area is 95.4 Å². The van der Waals surface area contributed by atoms with E-state index in [-0.39, 0.29) is 11.8 Å². The number of furan rings is 1. The lowest BCUT2D eigenvalue weighted by molar-refractivity contribution is -0.134. The molecule has 16 heavy (non-hydrogen) atoms. The quantitative estimate of drug-likeness (QED) is 0.827. The van der Waals surface area contributed by atoms with Crippen molar-refractivity contribution < 1.29 is 9.21 Å². The van der Waals surface area contributed by atoms with E-state index in [0.29, 0.717) is 13.0 Å². The predicted octanol–water partition coefficient (Wildman–Crippen LogP) is 1.02. The molecule has 88 valence electrons. The van der Waals surface area contributed by atoms with E-state index in [9.17, 15) is 4.79 Å². The average molecular weight is 222 g/mol. The first-order valence-electron chi connectivity index (χ1n) is 5.82. The van der Waals surface area contributed by atoms with Crippen LogP contribution in [0.3, 0.4) is 0 Å². The van der Waals surface area contributed by atoms with E-state index in [0.717, 1.165) is 31.7 Å². The number of nitrogens with zero attached hydrogens (tertiary/aromatic N) is 1. The highest BCUT2D eigenvalue weighted by atomic mass is 16.3. The summed E-state index contributed by atoms with van der Waals surface area (Å²) in [5.74, 6) is 0.878. The fourth-order valence-corrected chi connectivity index (χ4v) is 2.14. The van der Waals surface area contributed by atoms with Gasteiger partial charge in [0.1, 0.15) is 5.76 Å². The Morgan fingerprint density at radius 3 is 2.81 bits per heavy atom. The third-order valence-electron chi connectivity index (χ3n) is 3.08. The maximum Gasteiger partial charge on any atom is 0.227 e. The van der Waals surface area contributed by atoms with Crippen LogP contribution in [0.5, 0.6) is 0 Å². The number of carbonyl (C=O) groups is 1. The van der Waals surface area contributed by atoms with Gasteiger partial charge >= 0.3 is 0 Å². The zero-order chi connectivity index (χ0) is 11.4. The van der Waals surface area contributed by atoms with Crippen molar-refractivity contribution in [3.63, 3.8) is 0 Å². The van der Waals surface area contributed by atoms with Gasteiger partial charge < -0.3 is 15.1 Å². The molecule has 2 rings (SSSR count). The van der Waals surface area contributed by atoms with Crippen molar-refractivity contribution in [2.45, 2.75) is 19.3 Å².